The Morgan fingerprint density at radius 3 is 2.80 bits per heavy atom. The maximum atomic E-state index is 9.75. The average molecular weight is 204 g/mol. The Morgan fingerprint density at radius 2 is 2.13 bits per heavy atom. The van der Waals surface area contributed by atoms with Crippen molar-refractivity contribution in [3.63, 3.8) is 0 Å². The van der Waals surface area contributed by atoms with Crippen molar-refractivity contribution in [2.24, 2.45) is 0 Å². The van der Waals surface area contributed by atoms with Crippen LogP contribution < -0.4 is 0 Å². The zero-order chi connectivity index (χ0) is 11.1. The normalized spacial score (nSPS) is 12.3. The summed E-state index contributed by atoms with van der Waals surface area (Å²) in [5, 5.41) is 9.75. The highest BCUT2D eigenvalue weighted by Crippen LogP contribution is 2.16. The molecule has 0 aliphatic rings. The molecule has 0 bridgehead atoms. The number of fused-ring (bicyclic) bond motifs is 1. The van der Waals surface area contributed by atoms with Crippen LogP contribution in [0.5, 0.6) is 0 Å². The minimum absolute atomic E-state index is 0.562. The van der Waals surface area contributed by atoms with Gasteiger partial charge in [-0.05, 0) is 38.5 Å². The number of aryl methyl sites for hydroxylation is 1. The van der Waals surface area contributed by atoms with Crippen molar-refractivity contribution in [1.82, 2.24) is 9.55 Å². The number of imidazole rings is 1. The summed E-state index contributed by atoms with van der Waals surface area (Å²) in [5.41, 5.74) is 2.55. The van der Waals surface area contributed by atoms with Crippen LogP contribution in [0.1, 0.15) is 19.4 Å². The summed E-state index contributed by atoms with van der Waals surface area (Å²) in [7, 11) is 0. The molecule has 0 atom stereocenters. The van der Waals surface area contributed by atoms with Gasteiger partial charge >= 0.3 is 0 Å². The Labute approximate surface area is 89.4 Å². The summed E-state index contributed by atoms with van der Waals surface area (Å²) >= 11 is 0. The lowest BCUT2D eigenvalue weighted by Crippen LogP contribution is -2.25. The maximum absolute atomic E-state index is 9.75. The third-order valence-electron chi connectivity index (χ3n) is 2.33. The predicted octanol–water partition coefficient (Wildman–Crippen LogP) is 2.12. The average Bonchev–Trinajstić information content (AvgIpc) is 2.45. The number of hydrogen-bond acceptors (Lipinski definition) is 2. The van der Waals surface area contributed by atoms with E-state index in [-0.39, 0.29) is 0 Å². The molecule has 2 rings (SSSR count). The highest BCUT2D eigenvalue weighted by molar-refractivity contribution is 5.75. The van der Waals surface area contributed by atoms with Crippen LogP contribution in [0.4, 0.5) is 0 Å². The van der Waals surface area contributed by atoms with E-state index in [1.54, 1.807) is 20.2 Å². The van der Waals surface area contributed by atoms with Crippen LogP contribution in [0.25, 0.3) is 11.0 Å². The molecule has 1 aromatic heterocycles. The molecule has 1 N–H and O–H groups in total. The van der Waals surface area contributed by atoms with Crippen molar-refractivity contribution in [3.8, 4) is 0 Å². The smallest absolute Gasteiger partial charge is 0.0959 e. The van der Waals surface area contributed by atoms with Gasteiger partial charge in [-0.15, -0.1) is 0 Å². The van der Waals surface area contributed by atoms with Crippen molar-refractivity contribution in [2.45, 2.75) is 32.9 Å². The number of aromatic nitrogens is 2. The Balaban J connectivity index is 2.45. The molecule has 0 aliphatic carbocycles. The molecular weight excluding hydrogens is 188 g/mol. The van der Waals surface area contributed by atoms with E-state index in [0.29, 0.717) is 6.54 Å². The first-order valence-corrected chi connectivity index (χ1v) is 5.10. The van der Waals surface area contributed by atoms with Crippen LogP contribution in [-0.4, -0.2) is 20.3 Å². The Morgan fingerprint density at radius 1 is 1.40 bits per heavy atom. The van der Waals surface area contributed by atoms with Crippen LogP contribution in [0.3, 0.4) is 0 Å². The maximum Gasteiger partial charge on any atom is 0.0959 e. The standard InChI is InChI=1S/C12H16N2O/c1-9-4-5-11-10(6-9)13-8-14(11)7-12(2,3)15/h4-6,8,15H,7H2,1-3H3. The van der Waals surface area contributed by atoms with Crippen molar-refractivity contribution < 1.29 is 5.11 Å². The fourth-order valence-corrected chi connectivity index (χ4v) is 1.72. The third kappa shape index (κ3) is 2.18. The number of benzene rings is 1. The molecule has 1 aromatic carbocycles. The third-order valence-corrected chi connectivity index (χ3v) is 2.33. The van der Waals surface area contributed by atoms with Gasteiger partial charge in [0.05, 0.1) is 29.5 Å². The highest BCUT2D eigenvalue weighted by Gasteiger charge is 2.14. The first-order valence-electron chi connectivity index (χ1n) is 5.10. The molecule has 0 saturated carbocycles. The summed E-state index contributed by atoms with van der Waals surface area (Å²) in [5.74, 6) is 0. The zero-order valence-corrected chi connectivity index (χ0v) is 9.36. The molecule has 0 saturated heterocycles. The molecule has 0 radical (unpaired) electrons. The molecular formula is C12H16N2O. The van der Waals surface area contributed by atoms with Gasteiger partial charge in [0.2, 0.25) is 0 Å². The van der Waals surface area contributed by atoms with E-state index < -0.39 is 5.60 Å². The van der Waals surface area contributed by atoms with Gasteiger partial charge in [0.15, 0.2) is 0 Å². The monoisotopic (exact) mass is 204 g/mol. The summed E-state index contributed by atoms with van der Waals surface area (Å²) < 4.78 is 1.98. The first kappa shape index (κ1) is 10.2. The molecule has 0 fully saturated rings. The van der Waals surface area contributed by atoms with Gasteiger partial charge in [-0.2, -0.15) is 0 Å². The van der Waals surface area contributed by atoms with Crippen LogP contribution in [0.15, 0.2) is 24.5 Å². The second kappa shape index (κ2) is 3.35. The van der Waals surface area contributed by atoms with E-state index in [9.17, 15) is 5.11 Å². The molecule has 2 aromatic rings. The summed E-state index contributed by atoms with van der Waals surface area (Å²) in [4.78, 5) is 4.32. The largest absolute Gasteiger partial charge is 0.389 e. The number of nitrogens with zero attached hydrogens (tertiary/aromatic N) is 2. The fourth-order valence-electron chi connectivity index (χ4n) is 1.72. The van der Waals surface area contributed by atoms with Crippen LogP contribution in [0.2, 0.25) is 0 Å². The van der Waals surface area contributed by atoms with Crippen molar-refractivity contribution in [1.29, 1.82) is 0 Å². The van der Waals surface area contributed by atoms with Gasteiger partial charge in [0.25, 0.3) is 0 Å². The van der Waals surface area contributed by atoms with Gasteiger partial charge in [-0.3, -0.25) is 0 Å². The van der Waals surface area contributed by atoms with Gasteiger partial charge in [0.1, 0.15) is 0 Å². The first-order chi connectivity index (χ1) is 6.96. The summed E-state index contributed by atoms with van der Waals surface area (Å²) in [6.45, 7) is 6.21. The van der Waals surface area contributed by atoms with E-state index in [2.05, 4.69) is 24.0 Å². The van der Waals surface area contributed by atoms with Gasteiger partial charge in [-0.25, -0.2) is 4.98 Å². The Hall–Kier alpha value is -1.35. The quantitative estimate of drug-likeness (QED) is 0.813. The van der Waals surface area contributed by atoms with Crippen LogP contribution in [0, 0.1) is 6.92 Å². The molecule has 1 heterocycles. The molecule has 0 unspecified atom stereocenters. The lowest BCUT2D eigenvalue weighted by Gasteiger charge is -2.18. The number of aliphatic hydroxyl groups is 1. The van der Waals surface area contributed by atoms with E-state index in [4.69, 9.17) is 0 Å². The van der Waals surface area contributed by atoms with E-state index in [1.807, 2.05) is 10.6 Å². The van der Waals surface area contributed by atoms with Crippen molar-refractivity contribution in [2.75, 3.05) is 0 Å². The minimum Gasteiger partial charge on any atom is -0.389 e. The van der Waals surface area contributed by atoms with Crippen molar-refractivity contribution >= 4 is 11.0 Å². The number of hydrogen-bond donors (Lipinski definition) is 1. The molecule has 0 amide bonds. The Bertz CT molecular complexity index is 480. The second-order valence-corrected chi connectivity index (χ2v) is 4.68. The number of rotatable bonds is 2. The van der Waals surface area contributed by atoms with E-state index in [1.165, 1.54) is 5.56 Å². The molecule has 3 heteroatoms. The van der Waals surface area contributed by atoms with Crippen LogP contribution >= 0.6 is 0 Å². The van der Waals surface area contributed by atoms with Gasteiger partial charge < -0.3 is 9.67 Å². The highest BCUT2D eigenvalue weighted by atomic mass is 16.3. The molecule has 3 nitrogen and oxygen atoms in total. The SMILES string of the molecule is Cc1ccc2c(c1)ncn2CC(C)(C)O. The van der Waals surface area contributed by atoms with Crippen molar-refractivity contribution in [3.05, 3.63) is 30.1 Å². The molecule has 80 valence electrons. The molecule has 0 aliphatic heterocycles. The molecule has 15 heavy (non-hydrogen) atoms. The summed E-state index contributed by atoms with van der Waals surface area (Å²) in [6, 6.07) is 6.16. The van der Waals surface area contributed by atoms with Gasteiger partial charge in [-0.1, -0.05) is 6.07 Å². The predicted molar refractivity (Wildman–Crippen MR) is 60.8 cm³/mol. The minimum atomic E-state index is -0.710. The topological polar surface area (TPSA) is 38.0 Å². The molecule has 0 spiro atoms. The summed E-state index contributed by atoms with van der Waals surface area (Å²) in [6.07, 6.45) is 1.78. The zero-order valence-electron chi connectivity index (χ0n) is 9.36. The Kier molecular flexibility index (Phi) is 2.27. The fraction of sp³-hybridized carbons (Fsp3) is 0.417. The van der Waals surface area contributed by atoms with Gasteiger partial charge in [0, 0.05) is 0 Å². The van der Waals surface area contributed by atoms with E-state index >= 15 is 0 Å². The lowest BCUT2D eigenvalue weighted by molar-refractivity contribution is 0.0627. The second-order valence-electron chi connectivity index (χ2n) is 4.68. The lowest BCUT2D eigenvalue weighted by atomic mass is 10.1. The van der Waals surface area contributed by atoms with Crippen LogP contribution in [-0.2, 0) is 6.54 Å². The van der Waals surface area contributed by atoms with E-state index in [0.717, 1.165) is 11.0 Å².